The molecule has 0 aromatic carbocycles. The molecule has 1 aromatic heterocycles. The topological polar surface area (TPSA) is 60.2 Å². The van der Waals surface area contributed by atoms with Crippen LogP contribution in [-0.2, 0) is 4.74 Å². The molecular formula is C14H23N3O. The first-order chi connectivity index (χ1) is 8.81. The maximum absolute atomic E-state index is 5.99. The molecule has 1 fully saturated rings. The van der Waals surface area contributed by atoms with Crippen LogP contribution in [0.15, 0.2) is 18.3 Å². The van der Waals surface area contributed by atoms with E-state index in [0.29, 0.717) is 17.8 Å². The van der Waals surface area contributed by atoms with Crippen molar-refractivity contribution in [3.05, 3.63) is 23.9 Å². The van der Waals surface area contributed by atoms with Crippen LogP contribution in [0.1, 0.15) is 37.8 Å². The SMILES string of the molecule is CCCNC(CC1CCOC1)c1cccnc1N. The second-order valence-electron chi connectivity index (χ2n) is 4.95. The number of pyridine rings is 1. The smallest absolute Gasteiger partial charge is 0.128 e. The van der Waals surface area contributed by atoms with E-state index in [9.17, 15) is 0 Å². The number of nitrogens with zero attached hydrogens (tertiary/aromatic N) is 1. The molecule has 1 saturated heterocycles. The summed E-state index contributed by atoms with van der Waals surface area (Å²) in [5.41, 5.74) is 7.11. The number of nitrogens with two attached hydrogens (primary N) is 1. The quantitative estimate of drug-likeness (QED) is 0.811. The molecule has 1 aliphatic heterocycles. The number of anilines is 1. The molecule has 3 N–H and O–H groups in total. The van der Waals surface area contributed by atoms with Gasteiger partial charge in [-0.05, 0) is 37.8 Å². The van der Waals surface area contributed by atoms with Crippen molar-refractivity contribution in [2.45, 2.75) is 32.2 Å². The third-order valence-electron chi connectivity index (χ3n) is 3.48. The molecule has 4 heteroatoms. The van der Waals surface area contributed by atoms with Gasteiger partial charge in [0.15, 0.2) is 0 Å². The molecule has 2 heterocycles. The Morgan fingerprint density at radius 3 is 3.17 bits per heavy atom. The Balaban J connectivity index is 2.06. The summed E-state index contributed by atoms with van der Waals surface area (Å²) in [6.45, 7) is 4.96. The van der Waals surface area contributed by atoms with E-state index in [2.05, 4.69) is 23.3 Å². The van der Waals surface area contributed by atoms with Crippen LogP contribution in [0.4, 0.5) is 5.82 Å². The minimum atomic E-state index is 0.297. The van der Waals surface area contributed by atoms with Crippen LogP contribution in [0, 0.1) is 5.92 Å². The van der Waals surface area contributed by atoms with Crippen molar-refractivity contribution < 1.29 is 4.74 Å². The van der Waals surface area contributed by atoms with Crippen LogP contribution in [0.5, 0.6) is 0 Å². The van der Waals surface area contributed by atoms with E-state index in [0.717, 1.165) is 44.6 Å². The van der Waals surface area contributed by atoms with E-state index in [-0.39, 0.29) is 0 Å². The van der Waals surface area contributed by atoms with Gasteiger partial charge in [0.1, 0.15) is 5.82 Å². The number of nitrogens with one attached hydrogen (secondary N) is 1. The Hall–Kier alpha value is -1.13. The lowest BCUT2D eigenvalue weighted by Crippen LogP contribution is -2.25. The second-order valence-corrected chi connectivity index (χ2v) is 4.95. The molecule has 18 heavy (non-hydrogen) atoms. The fourth-order valence-corrected chi connectivity index (χ4v) is 2.47. The van der Waals surface area contributed by atoms with Crippen molar-refractivity contribution in [3.8, 4) is 0 Å². The van der Waals surface area contributed by atoms with Gasteiger partial charge in [0.05, 0.1) is 0 Å². The zero-order valence-corrected chi connectivity index (χ0v) is 11.1. The van der Waals surface area contributed by atoms with Gasteiger partial charge < -0.3 is 15.8 Å². The van der Waals surface area contributed by atoms with Crippen molar-refractivity contribution in [2.75, 3.05) is 25.5 Å². The highest BCUT2D eigenvalue weighted by Crippen LogP contribution is 2.28. The Kier molecular flexibility index (Phi) is 4.96. The lowest BCUT2D eigenvalue weighted by Gasteiger charge is -2.22. The number of nitrogen functional groups attached to an aromatic ring is 1. The van der Waals surface area contributed by atoms with Crippen molar-refractivity contribution in [1.29, 1.82) is 0 Å². The Morgan fingerprint density at radius 1 is 1.61 bits per heavy atom. The lowest BCUT2D eigenvalue weighted by molar-refractivity contribution is 0.181. The molecule has 2 atom stereocenters. The maximum atomic E-state index is 5.99. The van der Waals surface area contributed by atoms with Gasteiger partial charge >= 0.3 is 0 Å². The van der Waals surface area contributed by atoms with Gasteiger partial charge in [0.2, 0.25) is 0 Å². The zero-order valence-electron chi connectivity index (χ0n) is 11.1. The number of aromatic nitrogens is 1. The first kappa shape index (κ1) is 13.3. The van der Waals surface area contributed by atoms with Gasteiger partial charge in [-0.15, -0.1) is 0 Å². The Labute approximate surface area is 109 Å². The molecule has 2 unspecified atom stereocenters. The van der Waals surface area contributed by atoms with Gasteiger partial charge in [-0.2, -0.15) is 0 Å². The van der Waals surface area contributed by atoms with E-state index in [1.165, 1.54) is 0 Å². The highest BCUT2D eigenvalue weighted by molar-refractivity contribution is 5.40. The van der Waals surface area contributed by atoms with Crippen molar-refractivity contribution in [2.24, 2.45) is 5.92 Å². The van der Waals surface area contributed by atoms with Crippen LogP contribution >= 0.6 is 0 Å². The molecule has 1 aromatic rings. The van der Waals surface area contributed by atoms with Crippen LogP contribution in [0.3, 0.4) is 0 Å². The third-order valence-corrected chi connectivity index (χ3v) is 3.48. The fraction of sp³-hybridized carbons (Fsp3) is 0.643. The summed E-state index contributed by atoms with van der Waals surface area (Å²) in [6.07, 6.45) is 5.10. The molecule has 0 radical (unpaired) electrons. The molecule has 0 saturated carbocycles. The fourth-order valence-electron chi connectivity index (χ4n) is 2.47. The number of hydrogen-bond donors (Lipinski definition) is 2. The van der Waals surface area contributed by atoms with E-state index < -0.39 is 0 Å². The summed E-state index contributed by atoms with van der Waals surface area (Å²) in [4.78, 5) is 4.19. The van der Waals surface area contributed by atoms with Gasteiger partial charge in [-0.1, -0.05) is 13.0 Å². The van der Waals surface area contributed by atoms with Gasteiger partial charge in [-0.3, -0.25) is 0 Å². The van der Waals surface area contributed by atoms with Gasteiger partial charge in [0.25, 0.3) is 0 Å². The predicted molar refractivity (Wildman–Crippen MR) is 73.2 cm³/mol. The summed E-state index contributed by atoms with van der Waals surface area (Å²) >= 11 is 0. The molecule has 100 valence electrons. The van der Waals surface area contributed by atoms with Gasteiger partial charge in [0, 0.05) is 31.0 Å². The summed E-state index contributed by atoms with van der Waals surface area (Å²) < 4.78 is 5.45. The first-order valence-corrected chi connectivity index (χ1v) is 6.82. The Morgan fingerprint density at radius 2 is 2.50 bits per heavy atom. The standard InChI is InChI=1S/C14H23N3O/c1-2-6-16-13(9-11-5-8-18-10-11)12-4-3-7-17-14(12)15/h3-4,7,11,13,16H,2,5-6,8-10H2,1H3,(H2,15,17). The van der Waals surface area contributed by atoms with E-state index in [4.69, 9.17) is 10.5 Å². The number of ether oxygens (including phenoxy) is 1. The Bertz CT molecular complexity index is 364. The van der Waals surface area contributed by atoms with Gasteiger partial charge in [-0.25, -0.2) is 4.98 Å². The minimum Gasteiger partial charge on any atom is -0.383 e. The summed E-state index contributed by atoms with van der Waals surface area (Å²) in [5, 5.41) is 3.58. The molecule has 4 nitrogen and oxygen atoms in total. The molecule has 0 amide bonds. The highest BCUT2D eigenvalue weighted by Gasteiger charge is 2.22. The van der Waals surface area contributed by atoms with Crippen LogP contribution < -0.4 is 11.1 Å². The average Bonchev–Trinajstić information content (AvgIpc) is 2.88. The minimum absolute atomic E-state index is 0.297. The largest absolute Gasteiger partial charge is 0.383 e. The second kappa shape index (κ2) is 6.71. The van der Waals surface area contributed by atoms with Crippen molar-refractivity contribution >= 4 is 5.82 Å². The molecule has 2 rings (SSSR count). The molecule has 0 aliphatic carbocycles. The monoisotopic (exact) mass is 249 g/mol. The third kappa shape index (κ3) is 3.43. The summed E-state index contributed by atoms with van der Waals surface area (Å²) in [5.74, 6) is 1.28. The zero-order chi connectivity index (χ0) is 12.8. The molecule has 1 aliphatic rings. The molecule has 0 spiro atoms. The van der Waals surface area contributed by atoms with Crippen molar-refractivity contribution in [3.63, 3.8) is 0 Å². The van der Waals surface area contributed by atoms with Crippen LogP contribution in [-0.4, -0.2) is 24.7 Å². The van der Waals surface area contributed by atoms with E-state index >= 15 is 0 Å². The van der Waals surface area contributed by atoms with Crippen LogP contribution in [0.2, 0.25) is 0 Å². The van der Waals surface area contributed by atoms with E-state index in [1.54, 1.807) is 6.20 Å². The summed E-state index contributed by atoms with van der Waals surface area (Å²) in [6, 6.07) is 4.33. The van der Waals surface area contributed by atoms with Crippen LogP contribution in [0.25, 0.3) is 0 Å². The average molecular weight is 249 g/mol. The highest BCUT2D eigenvalue weighted by atomic mass is 16.5. The summed E-state index contributed by atoms with van der Waals surface area (Å²) in [7, 11) is 0. The molecular weight excluding hydrogens is 226 g/mol. The first-order valence-electron chi connectivity index (χ1n) is 6.82. The molecule has 0 bridgehead atoms. The predicted octanol–water partition coefficient (Wildman–Crippen LogP) is 2.13. The number of rotatable bonds is 6. The maximum Gasteiger partial charge on any atom is 0.128 e. The lowest BCUT2D eigenvalue weighted by atomic mass is 9.94. The normalized spacial score (nSPS) is 21.1. The van der Waals surface area contributed by atoms with E-state index in [1.807, 2.05) is 6.07 Å². The van der Waals surface area contributed by atoms with Crippen molar-refractivity contribution in [1.82, 2.24) is 10.3 Å². The number of hydrogen-bond acceptors (Lipinski definition) is 4.